The van der Waals surface area contributed by atoms with Gasteiger partial charge in [-0.05, 0) is 0 Å². The van der Waals surface area contributed by atoms with E-state index in [1.807, 2.05) is 0 Å². The summed E-state index contributed by atoms with van der Waals surface area (Å²) in [5.41, 5.74) is -0.530. The summed E-state index contributed by atoms with van der Waals surface area (Å²) < 4.78 is 15.3. The molecular formula is C11H20N2O6. The van der Waals surface area contributed by atoms with E-state index in [1.165, 1.54) is 7.11 Å². The van der Waals surface area contributed by atoms with Crippen LogP contribution < -0.4 is 10.6 Å². The second kappa shape index (κ2) is 7.27. The number of carbonyl (C=O) groups is 2. The number of urea groups is 1. The van der Waals surface area contributed by atoms with Crippen molar-refractivity contribution in [3.05, 3.63) is 0 Å². The van der Waals surface area contributed by atoms with Gasteiger partial charge in [0.05, 0.1) is 19.8 Å². The molecule has 1 rings (SSSR count). The van der Waals surface area contributed by atoms with Crippen LogP contribution >= 0.6 is 0 Å². The summed E-state index contributed by atoms with van der Waals surface area (Å²) in [6, 6.07) is -1.66. The summed E-state index contributed by atoms with van der Waals surface area (Å²) in [5, 5.41) is 13.8. The summed E-state index contributed by atoms with van der Waals surface area (Å²) in [5.74, 6) is -1.15. The molecular weight excluding hydrogens is 256 g/mol. The molecule has 1 heterocycles. The van der Waals surface area contributed by atoms with Gasteiger partial charge in [-0.15, -0.1) is 0 Å². The first-order chi connectivity index (χ1) is 9.03. The zero-order chi connectivity index (χ0) is 14.3. The van der Waals surface area contributed by atoms with E-state index in [0.29, 0.717) is 19.6 Å². The van der Waals surface area contributed by atoms with Crippen molar-refractivity contribution in [2.45, 2.75) is 18.1 Å². The fourth-order valence-corrected chi connectivity index (χ4v) is 1.75. The quantitative estimate of drug-likeness (QED) is 0.561. The lowest BCUT2D eigenvalue weighted by Crippen LogP contribution is -2.52. The zero-order valence-corrected chi connectivity index (χ0v) is 11.1. The van der Waals surface area contributed by atoms with Crippen molar-refractivity contribution >= 4 is 12.0 Å². The predicted molar refractivity (Wildman–Crippen MR) is 65.0 cm³/mol. The Morgan fingerprint density at radius 3 is 2.68 bits per heavy atom. The highest BCUT2D eigenvalue weighted by atomic mass is 16.5. The molecule has 8 heteroatoms. The topological polar surface area (TPSA) is 106 Å². The first-order valence-electron chi connectivity index (χ1n) is 5.92. The monoisotopic (exact) mass is 276 g/mol. The number of nitrogens with one attached hydrogen (secondary N) is 2. The van der Waals surface area contributed by atoms with E-state index < -0.39 is 23.6 Å². The molecule has 0 aromatic heterocycles. The molecule has 110 valence electrons. The van der Waals surface area contributed by atoms with Gasteiger partial charge in [0.25, 0.3) is 0 Å². The minimum Gasteiger partial charge on any atom is -0.480 e. The molecule has 0 saturated carbocycles. The average Bonchev–Trinajstić information content (AvgIpc) is 2.85. The standard InChI is InChI=1S/C11H20N2O6/c1-17-5-8(9(14)15)13-10(16)12-6-11(18-2)3-4-19-7-11/h8H,3-7H2,1-2H3,(H,14,15)(H2,12,13,16). The molecule has 2 atom stereocenters. The number of hydrogen-bond acceptors (Lipinski definition) is 5. The molecule has 2 unspecified atom stereocenters. The fourth-order valence-electron chi connectivity index (χ4n) is 1.75. The number of amides is 2. The molecule has 3 N–H and O–H groups in total. The average molecular weight is 276 g/mol. The van der Waals surface area contributed by atoms with Gasteiger partial charge in [0, 0.05) is 27.2 Å². The van der Waals surface area contributed by atoms with Crippen LogP contribution in [0.15, 0.2) is 0 Å². The molecule has 0 spiro atoms. The SMILES string of the molecule is COCC(NC(=O)NCC1(OC)CCOC1)C(=O)O. The number of carboxylic acids is 1. The van der Waals surface area contributed by atoms with Crippen LogP contribution in [0.2, 0.25) is 0 Å². The number of hydrogen-bond donors (Lipinski definition) is 3. The summed E-state index contributed by atoms with van der Waals surface area (Å²) in [4.78, 5) is 22.4. The molecule has 1 aliphatic rings. The molecule has 1 saturated heterocycles. The summed E-state index contributed by atoms with van der Waals surface area (Å²) in [6.45, 7) is 1.15. The van der Waals surface area contributed by atoms with Gasteiger partial charge in [-0.2, -0.15) is 0 Å². The first kappa shape index (κ1) is 15.7. The Hall–Kier alpha value is -1.38. The first-order valence-corrected chi connectivity index (χ1v) is 5.92. The normalized spacial score (nSPS) is 23.9. The van der Waals surface area contributed by atoms with Crippen LogP contribution in [0.3, 0.4) is 0 Å². The van der Waals surface area contributed by atoms with E-state index in [1.54, 1.807) is 7.11 Å². The number of carboxylic acid groups (broad SMARTS) is 1. The lowest BCUT2D eigenvalue weighted by molar-refractivity contribution is -0.140. The van der Waals surface area contributed by atoms with Crippen molar-refractivity contribution in [2.75, 3.05) is 40.6 Å². The van der Waals surface area contributed by atoms with E-state index >= 15 is 0 Å². The van der Waals surface area contributed by atoms with Gasteiger partial charge in [-0.3, -0.25) is 0 Å². The van der Waals surface area contributed by atoms with Crippen molar-refractivity contribution < 1.29 is 28.9 Å². The zero-order valence-electron chi connectivity index (χ0n) is 11.1. The molecule has 0 aromatic rings. The highest BCUT2D eigenvalue weighted by Crippen LogP contribution is 2.21. The summed E-state index contributed by atoms with van der Waals surface area (Å²) in [7, 11) is 2.92. The third-order valence-corrected chi connectivity index (χ3v) is 3.01. The van der Waals surface area contributed by atoms with Crippen LogP contribution in [0, 0.1) is 0 Å². The van der Waals surface area contributed by atoms with E-state index in [-0.39, 0.29) is 13.2 Å². The predicted octanol–water partition coefficient (Wildman–Crippen LogP) is -0.809. The molecule has 0 aliphatic carbocycles. The van der Waals surface area contributed by atoms with Gasteiger partial charge < -0.3 is 30.0 Å². The maximum absolute atomic E-state index is 11.6. The number of methoxy groups -OCH3 is 2. The molecule has 1 fully saturated rings. The van der Waals surface area contributed by atoms with Gasteiger partial charge in [0.1, 0.15) is 5.60 Å². The second-order valence-electron chi connectivity index (χ2n) is 4.36. The highest BCUT2D eigenvalue weighted by Gasteiger charge is 2.35. The Balaban J connectivity index is 2.39. The van der Waals surface area contributed by atoms with Crippen molar-refractivity contribution in [3.63, 3.8) is 0 Å². The van der Waals surface area contributed by atoms with Crippen LogP contribution in [-0.4, -0.2) is 69.3 Å². The Kier molecular flexibility index (Phi) is 6.00. The lowest BCUT2D eigenvalue weighted by atomic mass is 10.0. The van der Waals surface area contributed by atoms with Gasteiger partial charge in [-0.25, -0.2) is 9.59 Å². The molecule has 0 bridgehead atoms. The van der Waals surface area contributed by atoms with Crippen molar-refractivity contribution in [1.29, 1.82) is 0 Å². The largest absolute Gasteiger partial charge is 0.480 e. The second-order valence-corrected chi connectivity index (χ2v) is 4.36. The molecule has 8 nitrogen and oxygen atoms in total. The summed E-state index contributed by atoms with van der Waals surface area (Å²) >= 11 is 0. The van der Waals surface area contributed by atoms with Crippen molar-refractivity contribution in [2.24, 2.45) is 0 Å². The Morgan fingerprint density at radius 1 is 1.47 bits per heavy atom. The van der Waals surface area contributed by atoms with Crippen LogP contribution in [0.5, 0.6) is 0 Å². The highest BCUT2D eigenvalue weighted by molar-refractivity contribution is 5.82. The van der Waals surface area contributed by atoms with E-state index in [9.17, 15) is 9.59 Å². The molecule has 0 radical (unpaired) electrons. The maximum Gasteiger partial charge on any atom is 0.328 e. The smallest absolute Gasteiger partial charge is 0.328 e. The van der Waals surface area contributed by atoms with Gasteiger partial charge >= 0.3 is 12.0 Å². The molecule has 2 amide bonds. The molecule has 1 aliphatic heterocycles. The number of ether oxygens (including phenoxy) is 3. The van der Waals surface area contributed by atoms with Crippen molar-refractivity contribution in [1.82, 2.24) is 10.6 Å². The fraction of sp³-hybridized carbons (Fsp3) is 0.818. The van der Waals surface area contributed by atoms with Crippen molar-refractivity contribution in [3.8, 4) is 0 Å². The van der Waals surface area contributed by atoms with Crippen LogP contribution in [0.25, 0.3) is 0 Å². The Bertz CT molecular complexity index is 316. The Labute approximate surface area is 111 Å². The van der Waals surface area contributed by atoms with Gasteiger partial charge in [-0.1, -0.05) is 0 Å². The lowest BCUT2D eigenvalue weighted by Gasteiger charge is -2.26. The maximum atomic E-state index is 11.6. The van der Waals surface area contributed by atoms with E-state index in [2.05, 4.69) is 10.6 Å². The van der Waals surface area contributed by atoms with E-state index in [0.717, 1.165) is 0 Å². The minimum absolute atomic E-state index is 0.0959. The number of aliphatic carboxylic acids is 1. The van der Waals surface area contributed by atoms with Crippen LogP contribution in [0.1, 0.15) is 6.42 Å². The molecule has 19 heavy (non-hydrogen) atoms. The van der Waals surface area contributed by atoms with Gasteiger partial charge in [0.15, 0.2) is 6.04 Å². The third kappa shape index (κ3) is 4.66. The molecule has 0 aromatic carbocycles. The summed E-state index contributed by atoms with van der Waals surface area (Å²) in [6.07, 6.45) is 0.685. The van der Waals surface area contributed by atoms with E-state index in [4.69, 9.17) is 19.3 Å². The number of rotatable bonds is 7. The van der Waals surface area contributed by atoms with Crippen LogP contribution in [-0.2, 0) is 19.0 Å². The third-order valence-electron chi connectivity index (χ3n) is 3.01. The van der Waals surface area contributed by atoms with Gasteiger partial charge in [0.2, 0.25) is 0 Å². The minimum atomic E-state index is -1.15. The Morgan fingerprint density at radius 2 is 2.21 bits per heavy atom. The number of carbonyl (C=O) groups excluding carboxylic acids is 1. The van der Waals surface area contributed by atoms with Crippen LogP contribution in [0.4, 0.5) is 4.79 Å².